The van der Waals surface area contributed by atoms with Crippen molar-refractivity contribution in [1.29, 1.82) is 0 Å². The molecule has 164 valence electrons. The number of nitrogens with zero attached hydrogens (tertiary/aromatic N) is 2. The van der Waals surface area contributed by atoms with E-state index in [9.17, 15) is 9.59 Å². The van der Waals surface area contributed by atoms with Crippen LogP contribution in [0.5, 0.6) is 11.5 Å². The third-order valence-corrected chi connectivity index (χ3v) is 6.04. The molecule has 0 aliphatic carbocycles. The van der Waals surface area contributed by atoms with Gasteiger partial charge in [-0.1, -0.05) is 0 Å². The van der Waals surface area contributed by atoms with E-state index >= 15 is 0 Å². The lowest BCUT2D eigenvalue weighted by molar-refractivity contribution is -0.118. The lowest BCUT2D eigenvalue weighted by Gasteiger charge is -2.26. The van der Waals surface area contributed by atoms with Crippen molar-refractivity contribution < 1.29 is 19.1 Å². The lowest BCUT2D eigenvalue weighted by Crippen LogP contribution is -2.33. The Labute approximate surface area is 182 Å². The highest BCUT2D eigenvalue weighted by molar-refractivity contribution is 5.96. The standard InChI is InChI=1S/C24H29N3O4/c1-30-19-11-12-22(31-2)20(15-19)21-5-3-13-26(21)16-23(28)25-17-7-9-18(10-8-17)27-14-4-6-24(27)29/h7-12,15,21H,3-6,13-14,16H2,1-2H3,(H,25,28)/t21-/m1/s1. The maximum Gasteiger partial charge on any atom is 0.238 e. The first kappa shape index (κ1) is 21.2. The number of benzene rings is 2. The Balaban J connectivity index is 1.41. The average Bonchev–Trinajstić information content (AvgIpc) is 3.42. The molecule has 2 heterocycles. The lowest BCUT2D eigenvalue weighted by atomic mass is 10.0. The molecule has 2 fully saturated rings. The summed E-state index contributed by atoms with van der Waals surface area (Å²) in [4.78, 5) is 28.6. The van der Waals surface area contributed by atoms with Crippen LogP contribution in [-0.2, 0) is 9.59 Å². The number of carbonyl (C=O) groups excluding carboxylic acids is 2. The van der Waals surface area contributed by atoms with Crippen LogP contribution < -0.4 is 19.7 Å². The quantitative estimate of drug-likeness (QED) is 0.737. The van der Waals surface area contributed by atoms with Gasteiger partial charge in [0.05, 0.1) is 20.8 Å². The molecule has 4 rings (SSSR count). The summed E-state index contributed by atoms with van der Waals surface area (Å²) in [7, 11) is 3.31. The molecule has 0 spiro atoms. The van der Waals surface area contributed by atoms with Crippen molar-refractivity contribution >= 4 is 23.2 Å². The first-order chi connectivity index (χ1) is 15.1. The SMILES string of the molecule is COc1ccc(OC)c([C@H]2CCCN2CC(=O)Nc2ccc(N3CCCC3=O)cc2)c1. The van der Waals surface area contributed by atoms with E-state index in [1.807, 2.05) is 42.5 Å². The van der Waals surface area contributed by atoms with Gasteiger partial charge in [0.2, 0.25) is 11.8 Å². The summed E-state index contributed by atoms with van der Waals surface area (Å²) in [6, 6.07) is 13.4. The minimum absolute atomic E-state index is 0.0567. The molecule has 2 saturated heterocycles. The molecular weight excluding hydrogens is 394 g/mol. The number of nitrogens with one attached hydrogen (secondary N) is 1. The molecule has 31 heavy (non-hydrogen) atoms. The van der Waals surface area contributed by atoms with E-state index in [2.05, 4.69) is 10.2 Å². The summed E-state index contributed by atoms with van der Waals surface area (Å²) >= 11 is 0. The van der Waals surface area contributed by atoms with Crippen LogP contribution in [0.1, 0.15) is 37.3 Å². The highest BCUT2D eigenvalue weighted by Gasteiger charge is 2.30. The zero-order chi connectivity index (χ0) is 21.8. The molecule has 2 aromatic carbocycles. The van der Waals surface area contributed by atoms with E-state index in [1.165, 1.54) is 0 Å². The van der Waals surface area contributed by atoms with E-state index in [0.29, 0.717) is 13.0 Å². The summed E-state index contributed by atoms with van der Waals surface area (Å²) in [5.74, 6) is 1.69. The Hall–Kier alpha value is -3.06. The van der Waals surface area contributed by atoms with Gasteiger partial charge in [-0.15, -0.1) is 0 Å². The number of anilines is 2. The largest absolute Gasteiger partial charge is 0.497 e. The fraction of sp³-hybridized carbons (Fsp3) is 0.417. The fourth-order valence-electron chi connectivity index (χ4n) is 4.50. The summed E-state index contributed by atoms with van der Waals surface area (Å²) < 4.78 is 10.9. The van der Waals surface area contributed by atoms with Crippen LogP contribution >= 0.6 is 0 Å². The van der Waals surface area contributed by atoms with Gasteiger partial charge in [-0.2, -0.15) is 0 Å². The van der Waals surface area contributed by atoms with Crippen LogP contribution in [0.2, 0.25) is 0 Å². The van der Waals surface area contributed by atoms with Crippen LogP contribution in [0.15, 0.2) is 42.5 Å². The predicted molar refractivity (Wildman–Crippen MR) is 120 cm³/mol. The van der Waals surface area contributed by atoms with Gasteiger partial charge in [0, 0.05) is 35.9 Å². The molecule has 2 aromatic rings. The van der Waals surface area contributed by atoms with E-state index in [0.717, 1.165) is 60.8 Å². The van der Waals surface area contributed by atoms with Crippen molar-refractivity contribution in [3.63, 3.8) is 0 Å². The van der Waals surface area contributed by atoms with Crippen LogP contribution in [0.25, 0.3) is 0 Å². The minimum atomic E-state index is -0.0567. The van der Waals surface area contributed by atoms with E-state index < -0.39 is 0 Å². The first-order valence-electron chi connectivity index (χ1n) is 10.8. The third kappa shape index (κ3) is 4.66. The van der Waals surface area contributed by atoms with Gasteiger partial charge in [0.25, 0.3) is 0 Å². The molecule has 0 bridgehead atoms. The van der Waals surface area contributed by atoms with Crippen LogP contribution in [-0.4, -0.2) is 50.6 Å². The van der Waals surface area contributed by atoms with Crippen LogP contribution in [0.3, 0.4) is 0 Å². The summed E-state index contributed by atoms with van der Waals surface area (Å²) in [5, 5.41) is 2.98. The molecule has 2 aliphatic rings. The van der Waals surface area contributed by atoms with Crippen molar-refractivity contribution in [3.05, 3.63) is 48.0 Å². The number of amides is 2. The van der Waals surface area contributed by atoms with E-state index in [1.54, 1.807) is 19.1 Å². The Morgan fingerprint density at radius 3 is 2.55 bits per heavy atom. The van der Waals surface area contributed by atoms with Gasteiger partial charge < -0.3 is 19.7 Å². The van der Waals surface area contributed by atoms with Gasteiger partial charge in [-0.05, 0) is 68.3 Å². The maximum absolute atomic E-state index is 12.7. The molecule has 2 amide bonds. The van der Waals surface area contributed by atoms with Crippen molar-refractivity contribution in [2.75, 3.05) is 44.1 Å². The van der Waals surface area contributed by atoms with Crippen molar-refractivity contribution in [3.8, 4) is 11.5 Å². The number of methoxy groups -OCH3 is 2. The summed E-state index contributed by atoms with van der Waals surface area (Å²) in [6.07, 6.45) is 3.49. The van der Waals surface area contributed by atoms with Crippen LogP contribution in [0, 0.1) is 0 Å². The Kier molecular flexibility index (Phi) is 6.42. The fourth-order valence-corrected chi connectivity index (χ4v) is 4.50. The zero-order valence-electron chi connectivity index (χ0n) is 18.1. The Bertz CT molecular complexity index is 944. The number of ether oxygens (including phenoxy) is 2. The molecule has 2 aliphatic heterocycles. The smallest absolute Gasteiger partial charge is 0.238 e. The van der Waals surface area contributed by atoms with E-state index in [4.69, 9.17) is 9.47 Å². The normalized spacial score (nSPS) is 19.0. The predicted octanol–water partition coefficient (Wildman–Crippen LogP) is 3.61. The van der Waals surface area contributed by atoms with Gasteiger partial charge in [0.1, 0.15) is 11.5 Å². The molecule has 0 unspecified atom stereocenters. The van der Waals surface area contributed by atoms with Gasteiger partial charge in [0.15, 0.2) is 0 Å². The molecule has 0 radical (unpaired) electrons. The number of carbonyl (C=O) groups is 2. The number of likely N-dealkylation sites (tertiary alicyclic amines) is 1. The number of rotatable bonds is 7. The first-order valence-corrected chi connectivity index (χ1v) is 10.8. The second kappa shape index (κ2) is 9.39. The van der Waals surface area contributed by atoms with Crippen molar-refractivity contribution in [1.82, 2.24) is 4.90 Å². The van der Waals surface area contributed by atoms with Gasteiger partial charge in [-0.25, -0.2) is 0 Å². The van der Waals surface area contributed by atoms with Gasteiger partial charge >= 0.3 is 0 Å². The van der Waals surface area contributed by atoms with Crippen molar-refractivity contribution in [2.45, 2.75) is 31.7 Å². The Morgan fingerprint density at radius 2 is 1.87 bits per heavy atom. The highest BCUT2D eigenvalue weighted by atomic mass is 16.5. The maximum atomic E-state index is 12.7. The second-order valence-corrected chi connectivity index (χ2v) is 7.98. The second-order valence-electron chi connectivity index (χ2n) is 7.98. The molecular formula is C24H29N3O4. The van der Waals surface area contributed by atoms with Crippen molar-refractivity contribution in [2.24, 2.45) is 0 Å². The molecule has 1 atom stereocenters. The summed E-state index contributed by atoms with van der Waals surface area (Å²) in [5.41, 5.74) is 2.66. The monoisotopic (exact) mass is 423 g/mol. The highest BCUT2D eigenvalue weighted by Crippen LogP contribution is 2.38. The molecule has 1 N–H and O–H groups in total. The summed E-state index contributed by atoms with van der Waals surface area (Å²) in [6.45, 7) is 1.92. The topological polar surface area (TPSA) is 71.1 Å². The zero-order valence-corrected chi connectivity index (χ0v) is 18.1. The average molecular weight is 424 g/mol. The number of hydrogen-bond donors (Lipinski definition) is 1. The van der Waals surface area contributed by atoms with E-state index in [-0.39, 0.29) is 17.9 Å². The third-order valence-electron chi connectivity index (χ3n) is 6.04. The molecule has 0 aromatic heterocycles. The molecule has 0 saturated carbocycles. The molecule has 7 heteroatoms. The molecule has 7 nitrogen and oxygen atoms in total. The Morgan fingerprint density at radius 1 is 1.06 bits per heavy atom. The number of hydrogen-bond acceptors (Lipinski definition) is 5. The minimum Gasteiger partial charge on any atom is -0.497 e. The van der Waals surface area contributed by atoms with Crippen LogP contribution in [0.4, 0.5) is 11.4 Å². The van der Waals surface area contributed by atoms with Gasteiger partial charge in [-0.3, -0.25) is 14.5 Å².